The van der Waals surface area contributed by atoms with Crippen molar-refractivity contribution in [1.82, 2.24) is 4.98 Å². The van der Waals surface area contributed by atoms with Gasteiger partial charge >= 0.3 is 0 Å². The Balaban J connectivity index is 0.000000853. The number of benzene rings is 1. The topological polar surface area (TPSA) is 27.2 Å². The van der Waals surface area contributed by atoms with Gasteiger partial charge in [0, 0.05) is 25.0 Å². The van der Waals surface area contributed by atoms with Gasteiger partial charge in [-0.2, -0.15) is 6.20 Å². The van der Waals surface area contributed by atoms with Gasteiger partial charge in [-0.15, -0.1) is 5.52 Å². The van der Waals surface area contributed by atoms with E-state index in [1.165, 1.54) is 0 Å². The first-order valence-electron chi connectivity index (χ1n) is 4.49. The molecule has 0 saturated heterocycles. The summed E-state index contributed by atoms with van der Waals surface area (Å²) in [4.78, 5) is 4.31. The van der Waals surface area contributed by atoms with Gasteiger partial charge in [0.1, 0.15) is 5.76 Å². The van der Waals surface area contributed by atoms with Crippen molar-refractivity contribution in [3.8, 4) is 11.3 Å². The molecule has 0 amide bonds. The maximum Gasteiger partial charge on any atom is 0.132 e. The van der Waals surface area contributed by atoms with Gasteiger partial charge in [0.2, 0.25) is 0 Å². The molecule has 1 aromatic carbocycles. The number of para-hydroxylation sites is 1. The van der Waals surface area contributed by atoms with Crippen LogP contribution in [0.5, 0.6) is 0 Å². The average molecular weight is 248 g/mol. The molecule has 0 fully saturated rings. The number of nitrogens with zero attached hydrogens (tertiary/aromatic N) is 1. The SMILES string of the molecule is [Zn].c1coc(-c2cccc3cc[n-]c23)c1. The molecule has 3 aromatic rings. The molecule has 0 atom stereocenters. The molecule has 2 aromatic heterocycles. The molecule has 15 heavy (non-hydrogen) atoms. The first-order chi connectivity index (χ1) is 6.95. The fourth-order valence-electron chi connectivity index (χ4n) is 1.66. The van der Waals surface area contributed by atoms with Crippen LogP contribution in [0.1, 0.15) is 0 Å². The largest absolute Gasteiger partial charge is 0.663 e. The molecule has 0 aliphatic carbocycles. The molecule has 0 spiro atoms. The van der Waals surface area contributed by atoms with Crippen molar-refractivity contribution < 1.29 is 23.9 Å². The second kappa shape index (κ2) is 4.03. The van der Waals surface area contributed by atoms with Crippen LogP contribution < -0.4 is 4.98 Å². The Morgan fingerprint density at radius 1 is 1.00 bits per heavy atom. The summed E-state index contributed by atoms with van der Waals surface area (Å²) in [5.41, 5.74) is 2.06. The standard InChI is InChI=1S/C12H8NO.Zn/c1-3-9-6-7-13-12(9)10(4-1)11-5-2-8-14-11;/h1-8H;/q-1;. The third kappa shape index (κ3) is 1.64. The zero-order valence-corrected chi connectivity index (χ0v) is 11.1. The molecular formula is C12H8NOZn-. The van der Waals surface area contributed by atoms with Gasteiger partial charge < -0.3 is 9.40 Å². The Bertz CT molecular complexity index is 554. The summed E-state index contributed by atoms with van der Waals surface area (Å²) >= 11 is 0. The van der Waals surface area contributed by atoms with Crippen LogP contribution in [-0.4, -0.2) is 0 Å². The summed E-state index contributed by atoms with van der Waals surface area (Å²) in [6.07, 6.45) is 3.49. The van der Waals surface area contributed by atoms with Crippen molar-refractivity contribution >= 4 is 10.9 Å². The monoisotopic (exact) mass is 246 g/mol. The van der Waals surface area contributed by atoms with E-state index in [1.54, 1.807) is 6.26 Å². The van der Waals surface area contributed by atoms with E-state index in [2.05, 4.69) is 11.1 Å². The molecule has 0 radical (unpaired) electrons. The normalized spacial score (nSPS) is 10.1. The van der Waals surface area contributed by atoms with E-state index in [1.807, 2.05) is 36.5 Å². The summed E-state index contributed by atoms with van der Waals surface area (Å²) in [7, 11) is 0. The van der Waals surface area contributed by atoms with Crippen LogP contribution >= 0.6 is 0 Å². The van der Waals surface area contributed by atoms with Gasteiger partial charge in [0.05, 0.1) is 6.26 Å². The van der Waals surface area contributed by atoms with Crippen LogP contribution in [0.15, 0.2) is 53.3 Å². The van der Waals surface area contributed by atoms with Gasteiger partial charge in [-0.1, -0.05) is 24.3 Å². The summed E-state index contributed by atoms with van der Waals surface area (Å²) in [6.45, 7) is 0. The minimum Gasteiger partial charge on any atom is -0.663 e. The van der Waals surface area contributed by atoms with Crippen LogP contribution in [0.2, 0.25) is 0 Å². The molecule has 3 heteroatoms. The fraction of sp³-hybridized carbons (Fsp3) is 0. The first-order valence-corrected chi connectivity index (χ1v) is 4.49. The van der Waals surface area contributed by atoms with E-state index in [9.17, 15) is 0 Å². The van der Waals surface area contributed by atoms with Crippen LogP contribution in [0, 0.1) is 0 Å². The van der Waals surface area contributed by atoms with Crippen LogP contribution in [-0.2, 0) is 19.5 Å². The predicted octanol–water partition coefficient (Wildman–Crippen LogP) is 3.05. The molecule has 0 saturated carbocycles. The number of hydrogen-bond acceptors (Lipinski definition) is 1. The van der Waals surface area contributed by atoms with Crippen molar-refractivity contribution in [1.29, 1.82) is 0 Å². The summed E-state index contributed by atoms with van der Waals surface area (Å²) in [6, 6.07) is 11.9. The van der Waals surface area contributed by atoms with Crippen molar-refractivity contribution in [3.63, 3.8) is 0 Å². The van der Waals surface area contributed by atoms with E-state index in [-0.39, 0.29) is 19.5 Å². The van der Waals surface area contributed by atoms with E-state index in [4.69, 9.17) is 4.42 Å². The van der Waals surface area contributed by atoms with Gasteiger partial charge in [-0.25, -0.2) is 0 Å². The molecule has 0 aliphatic rings. The summed E-state index contributed by atoms with van der Waals surface area (Å²) < 4.78 is 5.36. The van der Waals surface area contributed by atoms with Gasteiger partial charge in [-0.05, 0) is 17.5 Å². The molecule has 0 aliphatic heterocycles. The smallest absolute Gasteiger partial charge is 0.132 e. The second-order valence-corrected chi connectivity index (χ2v) is 3.17. The predicted molar refractivity (Wildman–Crippen MR) is 55.0 cm³/mol. The van der Waals surface area contributed by atoms with Crippen molar-refractivity contribution in [2.45, 2.75) is 0 Å². The molecule has 0 bridgehead atoms. The summed E-state index contributed by atoms with van der Waals surface area (Å²) in [5.74, 6) is 0.870. The van der Waals surface area contributed by atoms with Gasteiger partial charge in [-0.3, -0.25) is 0 Å². The van der Waals surface area contributed by atoms with E-state index in [0.717, 1.165) is 22.2 Å². The molecule has 2 heterocycles. The zero-order chi connectivity index (χ0) is 9.38. The molecular weight excluding hydrogens is 240 g/mol. The van der Waals surface area contributed by atoms with Crippen LogP contribution in [0.25, 0.3) is 22.2 Å². The van der Waals surface area contributed by atoms with Crippen LogP contribution in [0.4, 0.5) is 0 Å². The molecule has 0 N–H and O–H groups in total. The number of rotatable bonds is 1. The van der Waals surface area contributed by atoms with Crippen LogP contribution in [0.3, 0.4) is 0 Å². The first kappa shape index (κ1) is 10.2. The Hall–Kier alpha value is -1.34. The Kier molecular flexibility index (Phi) is 2.74. The number of fused-ring (bicyclic) bond motifs is 1. The molecule has 0 unspecified atom stereocenters. The van der Waals surface area contributed by atoms with Crippen molar-refractivity contribution in [3.05, 3.63) is 48.9 Å². The fourth-order valence-corrected chi connectivity index (χ4v) is 1.66. The Morgan fingerprint density at radius 2 is 1.93 bits per heavy atom. The average Bonchev–Trinajstić information content (AvgIpc) is 2.88. The third-order valence-corrected chi connectivity index (χ3v) is 2.31. The maximum absolute atomic E-state index is 5.36. The Morgan fingerprint density at radius 3 is 2.73 bits per heavy atom. The van der Waals surface area contributed by atoms with Crippen molar-refractivity contribution in [2.24, 2.45) is 0 Å². The third-order valence-electron chi connectivity index (χ3n) is 2.31. The van der Waals surface area contributed by atoms with Gasteiger partial charge in [0.25, 0.3) is 0 Å². The Labute approximate surface area is 100 Å². The van der Waals surface area contributed by atoms with E-state index >= 15 is 0 Å². The van der Waals surface area contributed by atoms with Crippen molar-refractivity contribution in [2.75, 3.05) is 0 Å². The quantitative estimate of drug-likeness (QED) is 0.618. The number of furan rings is 1. The minimum absolute atomic E-state index is 0. The number of hydrogen-bond donors (Lipinski definition) is 0. The molecule has 70 valence electrons. The minimum atomic E-state index is 0. The van der Waals surface area contributed by atoms with E-state index < -0.39 is 0 Å². The maximum atomic E-state index is 5.36. The second-order valence-electron chi connectivity index (χ2n) is 3.17. The zero-order valence-electron chi connectivity index (χ0n) is 8.18. The van der Waals surface area contributed by atoms with Gasteiger partial charge in [0.15, 0.2) is 0 Å². The molecule has 3 rings (SSSR count). The summed E-state index contributed by atoms with van der Waals surface area (Å²) in [5, 5.41) is 1.15. The number of aromatic nitrogens is 1. The molecule has 2 nitrogen and oxygen atoms in total. The van der Waals surface area contributed by atoms with E-state index in [0.29, 0.717) is 0 Å².